The highest BCUT2D eigenvalue weighted by molar-refractivity contribution is 5.88. The molecule has 49 heavy (non-hydrogen) atoms. The second-order valence-electron chi connectivity index (χ2n) is 13.9. The quantitative estimate of drug-likeness (QED) is 0.0338. The maximum absolute atomic E-state index is 12.9. The molecule has 2 amide bonds. The number of carbonyl (C=O) groups excluding carboxylic acids is 3. The first-order valence-electron chi connectivity index (χ1n) is 20.5. The van der Waals surface area contributed by atoms with Crippen molar-refractivity contribution in [2.24, 2.45) is 0 Å². The molecule has 3 N–H and O–H groups in total. The summed E-state index contributed by atoms with van der Waals surface area (Å²) in [5.41, 5.74) is 0. The van der Waals surface area contributed by atoms with E-state index in [4.69, 9.17) is 9.84 Å². The maximum atomic E-state index is 12.9. The van der Waals surface area contributed by atoms with Crippen LogP contribution in [0.4, 0.5) is 0 Å². The van der Waals surface area contributed by atoms with E-state index in [2.05, 4.69) is 36.6 Å². The van der Waals surface area contributed by atoms with Crippen LogP contribution in [0.15, 0.2) is 12.2 Å². The predicted octanol–water partition coefficient (Wildman–Crippen LogP) is 10.5. The number of hydrogen-bond donors (Lipinski definition) is 3. The van der Waals surface area contributed by atoms with E-state index in [-0.39, 0.29) is 31.3 Å². The largest absolute Gasteiger partial charge is 0.481 e. The van der Waals surface area contributed by atoms with Crippen LogP contribution in [0.2, 0.25) is 0 Å². The summed E-state index contributed by atoms with van der Waals surface area (Å²) in [7, 11) is 0. The van der Waals surface area contributed by atoms with E-state index in [1.54, 1.807) is 0 Å². The number of carboxylic acids is 1. The van der Waals surface area contributed by atoms with Gasteiger partial charge in [-0.3, -0.25) is 19.2 Å². The number of aliphatic carboxylic acids is 1. The molecule has 286 valence electrons. The molecule has 0 rings (SSSR count). The number of amides is 2. The lowest BCUT2D eigenvalue weighted by atomic mass is 10.0. The zero-order chi connectivity index (χ0) is 36.0. The summed E-state index contributed by atoms with van der Waals surface area (Å²) < 4.78 is 5.15. The van der Waals surface area contributed by atoms with Crippen LogP contribution in [-0.2, 0) is 23.9 Å². The Labute approximate surface area is 300 Å². The molecule has 0 fully saturated rings. The molecule has 0 aliphatic carbocycles. The van der Waals surface area contributed by atoms with Gasteiger partial charge >= 0.3 is 11.9 Å². The molecule has 0 aliphatic rings. The third kappa shape index (κ3) is 35.3. The van der Waals surface area contributed by atoms with Gasteiger partial charge in [-0.25, -0.2) is 0 Å². The number of hydrogen-bond acceptors (Lipinski definition) is 5. The van der Waals surface area contributed by atoms with Gasteiger partial charge in [-0.05, 0) is 38.5 Å². The Balaban J connectivity index is 4.17. The van der Waals surface area contributed by atoms with Crippen molar-refractivity contribution in [2.45, 2.75) is 213 Å². The highest BCUT2D eigenvalue weighted by Gasteiger charge is 2.22. The van der Waals surface area contributed by atoms with Gasteiger partial charge in [-0.15, -0.1) is 0 Å². The minimum Gasteiger partial charge on any atom is -0.481 e. The summed E-state index contributed by atoms with van der Waals surface area (Å²) in [5, 5.41) is 14.4. The Morgan fingerprint density at radius 3 is 1.45 bits per heavy atom. The highest BCUT2D eigenvalue weighted by atomic mass is 16.5. The Bertz CT molecular complexity index is 831. The van der Waals surface area contributed by atoms with Gasteiger partial charge in [-0.2, -0.15) is 0 Å². The molecule has 0 aromatic heterocycles. The van der Waals surface area contributed by atoms with Gasteiger partial charge in [0.1, 0.15) is 12.6 Å². The Hall–Kier alpha value is -2.38. The van der Waals surface area contributed by atoms with Crippen molar-refractivity contribution in [2.75, 3.05) is 13.2 Å². The third-order valence-electron chi connectivity index (χ3n) is 9.10. The summed E-state index contributed by atoms with van der Waals surface area (Å²) in [6, 6.07) is -0.990. The van der Waals surface area contributed by atoms with Crippen LogP contribution in [0, 0.1) is 0 Å². The van der Waals surface area contributed by atoms with Crippen molar-refractivity contribution in [3.8, 4) is 0 Å². The van der Waals surface area contributed by atoms with Crippen LogP contribution in [0.1, 0.15) is 206 Å². The molecule has 0 saturated heterocycles. The third-order valence-corrected chi connectivity index (χ3v) is 9.10. The summed E-state index contributed by atoms with van der Waals surface area (Å²) in [4.78, 5) is 48.3. The lowest BCUT2D eigenvalue weighted by molar-refractivity contribution is -0.149. The van der Waals surface area contributed by atoms with E-state index in [0.29, 0.717) is 13.0 Å². The Kier molecular flexibility index (Phi) is 35.1. The van der Waals surface area contributed by atoms with Crippen molar-refractivity contribution >= 4 is 23.8 Å². The molecule has 0 spiro atoms. The smallest absolute Gasteiger partial charge is 0.306 e. The van der Waals surface area contributed by atoms with E-state index in [1.165, 1.54) is 116 Å². The van der Waals surface area contributed by atoms with Crippen LogP contribution in [-0.4, -0.2) is 48.1 Å². The fourth-order valence-electron chi connectivity index (χ4n) is 5.92. The van der Waals surface area contributed by atoms with E-state index in [9.17, 15) is 19.2 Å². The molecule has 0 aliphatic heterocycles. The van der Waals surface area contributed by atoms with Crippen molar-refractivity contribution in [1.29, 1.82) is 0 Å². The number of esters is 1. The van der Waals surface area contributed by atoms with E-state index < -0.39 is 18.0 Å². The minimum absolute atomic E-state index is 0.240. The molecule has 0 saturated carbocycles. The molecule has 8 nitrogen and oxygen atoms in total. The maximum Gasteiger partial charge on any atom is 0.306 e. The van der Waals surface area contributed by atoms with Gasteiger partial charge in [0.2, 0.25) is 11.8 Å². The molecular weight excluding hydrogens is 616 g/mol. The molecule has 8 heteroatoms. The lowest BCUT2D eigenvalue weighted by Gasteiger charge is -2.18. The van der Waals surface area contributed by atoms with Gasteiger partial charge in [0.25, 0.3) is 0 Å². The summed E-state index contributed by atoms with van der Waals surface area (Å²) >= 11 is 0. The van der Waals surface area contributed by atoms with Gasteiger partial charge in [0.15, 0.2) is 0 Å². The second kappa shape index (κ2) is 36.9. The number of allylic oxidation sites excluding steroid dienone is 2. The molecule has 0 aromatic carbocycles. The van der Waals surface area contributed by atoms with E-state index in [1.807, 2.05) is 0 Å². The first-order chi connectivity index (χ1) is 23.9. The van der Waals surface area contributed by atoms with Crippen molar-refractivity contribution in [1.82, 2.24) is 10.6 Å². The second-order valence-corrected chi connectivity index (χ2v) is 13.9. The van der Waals surface area contributed by atoms with Gasteiger partial charge in [0.05, 0.1) is 12.8 Å². The molecular formula is C41H76N2O6. The number of nitrogens with one attached hydrogen (secondary N) is 2. The fraction of sp³-hybridized carbons (Fsp3) is 0.854. The van der Waals surface area contributed by atoms with Crippen LogP contribution in [0.25, 0.3) is 0 Å². The van der Waals surface area contributed by atoms with Gasteiger partial charge in [0, 0.05) is 13.0 Å². The normalized spacial score (nSPS) is 11.9. The molecule has 0 aromatic rings. The summed E-state index contributed by atoms with van der Waals surface area (Å²) in [5.74, 6) is -2.40. The Morgan fingerprint density at radius 1 is 0.551 bits per heavy atom. The van der Waals surface area contributed by atoms with Crippen molar-refractivity contribution < 1.29 is 29.0 Å². The molecule has 0 bridgehead atoms. The summed E-state index contributed by atoms with van der Waals surface area (Å²) in [6.45, 7) is 4.70. The highest BCUT2D eigenvalue weighted by Crippen LogP contribution is 2.13. The molecule has 0 heterocycles. The van der Waals surface area contributed by atoms with Crippen LogP contribution < -0.4 is 10.6 Å². The van der Waals surface area contributed by atoms with Crippen LogP contribution >= 0.6 is 0 Å². The predicted molar refractivity (Wildman–Crippen MR) is 203 cm³/mol. The van der Waals surface area contributed by atoms with Crippen molar-refractivity contribution in [3.05, 3.63) is 12.2 Å². The van der Waals surface area contributed by atoms with Crippen LogP contribution in [0.3, 0.4) is 0 Å². The topological polar surface area (TPSA) is 122 Å². The van der Waals surface area contributed by atoms with Crippen molar-refractivity contribution in [3.63, 3.8) is 0 Å². The van der Waals surface area contributed by atoms with Crippen LogP contribution in [0.5, 0.6) is 0 Å². The monoisotopic (exact) mass is 693 g/mol. The van der Waals surface area contributed by atoms with E-state index >= 15 is 0 Å². The van der Waals surface area contributed by atoms with Gasteiger partial charge in [-0.1, -0.05) is 161 Å². The standard InChI is InChI=1S/C41H76N2O6/c1-3-5-7-9-11-13-15-17-19-20-22-24-26-28-30-32-38(44)43-37(36-49-40(47)34-33-39(45)46)41(48)42-35-31-29-27-25-23-21-18-16-14-12-10-8-6-4-2/h17,19,37H,3-16,18,20-36H2,1-2H3,(H,42,48)(H,43,44)(H,45,46)/b19-17-. The first kappa shape index (κ1) is 46.6. The molecule has 1 atom stereocenters. The SMILES string of the molecule is CCCCCCCC/C=C\CCCCCCCC(=O)NC(COC(=O)CCC(=O)O)C(=O)NCCCCCCCCCCCCCCCC. The lowest BCUT2D eigenvalue weighted by Crippen LogP contribution is -2.49. The number of ether oxygens (including phenoxy) is 1. The van der Waals surface area contributed by atoms with Gasteiger partial charge < -0.3 is 20.5 Å². The Morgan fingerprint density at radius 2 is 0.980 bits per heavy atom. The first-order valence-corrected chi connectivity index (χ1v) is 20.5. The number of unbranched alkanes of at least 4 members (excludes halogenated alkanes) is 24. The zero-order valence-corrected chi connectivity index (χ0v) is 31.8. The zero-order valence-electron chi connectivity index (χ0n) is 31.8. The average molecular weight is 693 g/mol. The number of carbonyl (C=O) groups is 4. The minimum atomic E-state index is -1.09. The molecule has 0 radical (unpaired) electrons. The summed E-state index contributed by atoms with van der Waals surface area (Å²) in [6.07, 6.45) is 37.3. The number of carboxylic acid groups (broad SMARTS) is 1. The fourth-order valence-corrected chi connectivity index (χ4v) is 5.92. The number of rotatable bonds is 37. The molecule has 1 unspecified atom stereocenters. The average Bonchev–Trinajstić information content (AvgIpc) is 3.08. The van der Waals surface area contributed by atoms with E-state index in [0.717, 1.165) is 57.8 Å².